The standard InChI is InChI=1S/C21H18IN3O3S/c1-28-16-8-2-13(3-9-16)17-10-19(26)25-21(18(17)11-23)29-12-20(27)24-15-6-4-14(22)5-7-15/h2-9,17H,10,12H2,1H3,(H,24,27)(H,25,26)/t17-/m0/s1. The fourth-order valence-electron chi connectivity index (χ4n) is 2.92. The fraction of sp³-hybridized carbons (Fsp3) is 0.190. The Labute approximate surface area is 186 Å². The second-order valence-electron chi connectivity index (χ2n) is 6.28. The number of carbonyl (C=O) groups excluding carboxylic acids is 2. The maximum Gasteiger partial charge on any atom is 0.234 e. The predicted octanol–water partition coefficient (Wildman–Crippen LogP) is 4.01. The Balaban J connectivity index is 1.73. The number of rotatable bonds is 6. The average molecular weight is 519 g/mol. The van der Waals surface area contributed by atoms with E-state index in [4.69, 9.17) is 4.74 Å². The van der Waals surface area contributed by atoms with Gasteiger partial charge in [0.1, 0.15) is 5.75 Å². The summed E-state index contributed by atoms with van der Waals surface area (Å²) in [6.07, 6.45) is 0.189. The van der Waals surface area contributed by atoms with E-state index >= 15 is 0 Å². The van der Waals surface area contributed by atoms with Crippen LogP contribution in [0, 0.1) is 14.9 Å². The molecule has 1 aliphatic rings. The molecule has 0 saturated carbocycles. The molecule has 2 N–H and O–H groups in total. The highest BCUT2D eigenvalue weighted by molar-refractivity contribution is 14.1. The Morgan fingerprint density at radius 1 is 1.28 bits per heavy atom. The van der Waals surface area contributed by atoms with E-state index in [1.54, 1.807) is 19.2 Å². The monoisotopic (exact) mass is 519 g/mol. The van der Waals surface area contributed by atoms with Gasteiger partial charge in [0, 0.05) is 21.6 Å². The smallest absolute Gasteiger partial charge is 0.234 e. The summed E-state index contributed by atoms with van der Waals surface area (Å²) in [4.78, 5) is 24.5. The number of hydrogen-bond acceptors (Lipinski definition) is 5. The minimum Gasteiger partial charge on any atom is -0.497 e. The summed E-state index contributed by atoms with van der Waals surface area (Å²) in [6.45, 7) is 0. The summed E-state index contributed by atoms with van der Waals surface area (Å²) in [5, 5.41) is 15.7. The van der Waals surface area contributed by atoms with Crippen LogP contribution in [0.4, 0.5) is 5.69 Å². The summed E-state index contributed by atoms with van der Waals surface area (Å²) in [5.74, 6) is 0.0641. The van der Waals surface area contributed by atoms with Crippen LogP contribution in [-0.4, -0.2) is 24.7 Å². The zero-order valence-electron chi connectivity index (χ0n) is 15.6. The number of thioether (sulfide) groups is 1. The molecular formula is C21H18IN3O3S. The molecule has 0 aromatic heterocycles. The van der Waals surface area contributed by atoms with Crippen LogP contribution >= 0.6 is 34.4 Å². The predicted molar refractivity (Wildman–Crippen MR) is 121 cm³/mol. The highest BCUT2D eigenvalue weighted by Crippen LogP contribution is 2.36. The lowest BCUT2D eigenvalue weighted by Crippen LogP contribution is -2.31. The number of nitrogens with zero attached hydrogens (tertiary/aromatic N) is 1. The number of ether oxygens (including phenoxy) is 1. The molecule has 8 heteroatoms. The Morgan fingerprint density at radius 2 is 1.97 bits per heavy atom. The van der Waals surface area contributed by atoms with Gasteiger partial charge in [0.15, 0.2) is 0 Å². The normalized spacial score (nSPS) is 16.0. The molecule has 3 rings (SSSR count). The molecule has 1 atom stereocenters. The molecule has 1 heterocycles. The third-order valence-electron chi connectivity index (χ3n) is 4.35. The van der Waals surface area contributed by atoms with Crippen LogP contribution in [0.5, 0.6) is 5.75 Å². The van der Waals surface area contributed by atoms with Gasteiger partial charge in [-0.1, -0.05) is 23.9 Å². The van der Waals surface area contributed by atoms with Crippen molar-refractivity contribution >= 4 is 51.9 Å². The SMILES string of the molecule is COc1ccc([C@@H]2CC(=O)NC(SCC(=O)Nc3ccc(I)cc3)=C2C#N)cc1. The Hall–Kier alpha value is -2.51. The van der Waals surface area contributed by atoms with Crippen LogP contribution in [0.1, 0.15) is 17.9 Å². The van der Waals surface area contributed by atoms with Gasteiger partial charge >= 0.3 is 0 Å². The van der Waals surface area contributed by atoms with Crippen molar-refractivity contribution in [1.82, 2.24) is 5.32 Å². The molecule has 0 spiro atoms. The second kappa shape index (κ2) is 9.80. The van der Waals surface area contributed by atoms with Crippen molar-refractivity contribution in [1.29, 1.82) is 5.26 Å². The molecule has 0 aliphatic carbocycles. The van der Waals surface area contributed by atoms with Gasteiger partial charge in [-0.3, -0.25) is 9.59 Å². The van der Waals surface area contributed by atoms with Crippen molar-refractivity contribution in [2.75, 3.05) is 18.2 Å². The molecule has 29 heavy (non-hydrogen) atoms. The van der Waals surface area contributed by atoms with Crippen LogP contribution < -0.4 is 15.4 Å². The second-order valence-corrected chi connectivity index (χ2v) is 8.51. The lowest BCUT2D eigenvalue weighted by atomic mass is 9.87. The fourth-order valence-corrected chi connectivity index (χ4v) is 4.16. The molecule has 0 unspecified atom stereocenters. The molecule has 2 amide bonds. The van der Waals surface area contributed by atoms with Crippen molar-refractivity contribution in [2.45, 2.75) is 12.3 Å². The first-order valence-corrected chi connectivity index (χ1v) is 10.8. The average Bonchev–Trinajstić information content (AvgIpc) is 2.73. The van der Waals surface area contributed by atoms with Gasteiger partial charge in [-0.15, -0.1) is 0 Å². The first kappa shape index (κ1) is 21.2. The van der Waals surface area contributed by atoms with Crippen LogP contribution in [0.2, 0.25) is 0 Å². The topological polar surface area (TPSA) is 91.2 Å². The number of nitrogens with one attached hydrogen (secondary N) is 2. The molecule has 0 fully saturated rings. The summed E-state index contributed by atoms with van der Waals surface area (Å²) in [7, 11) is 1.58. The first-order chi connectivity index (χ1) is 14.0. The van der Waals surface area contributed by atoms with Gasteiger partial charge in [-0.25, -0.2) is 0 Å². The van der Waals surface area contributed by atoms with E-state index in [0.717, 1.165) is 20.9 Å². The number of amides is 2. The van der Waals surface area contributed by atoms with Gasteiger partial charge < -0.3 is 15.4 Å². The Kier molecular flexibility index (Phi) is 7.17. The Morgan fingerprint density at radius 3 is 2.59 bits per heavy atom. The maximum absolute atomic E-state index is 12.3. The van der Waals surface area contributed by atoms with Crippen molar-refractivity contribution in [3.63, 3.8) is 0 Å². The van der Waals surface area contributed by atoms with E-state index in [0.29, 0.717) is 22.0 Å². The van der Waals surface area contributed by atoms with Crippen LogP contribution in [0.25, 0.3) is 0 Å². The van der Waals surface area contributed by atoms with Crippen molar-refractivity contribution < 1.29 is 14.3 Å². The van der Waals surface area contributed by atoms with E-state index in [1.807, 2.05) is 36.4 Å². The molecule has 1 aliphatic heterocycles. The third kappa shape index (κ3) is 5.52. The van der Waals surface area contributed by atoms with Gasteiger partial charge in [0.2, 0.25) is 11.8 Å². The quantitative estimate of drug-likeness (QED) is 0.563. The Bertz CT molecular complexity index is 982. The third-order valence-corrected chi connectivity index (χ3v) is 6.09. The van der Waals surface area contributed by atoms with Crippen LogP contribution in [0.15, 0.2) is 59.1 Å². The number of carbonyl (C=O) groups is 2. The highest BCUT2D eigenvalue weighted by Gasteiger charge is 2.29. The number of benzene rings is 2. The van der Waals surface area contributed by atoms with Gasteiger partial charge in [-0.05, 0) is 64.6 Å². The molecule has 148 valence electrons. The number of nitriles is 1. The van der Waals surface area contributed by atoms with Gasteiger partial charge in [0.05, 0.1) is 29.5 Å². The molecule has 0 saturated heterocycles. The molecular weight excluding hydrogens is 501 g/mol. The minimum absolute atomic E-state index is 0.0854. The van der Waals surface area contributed by atoms with Crippen molar-refractivity contribution in [3.05, 3.63) is 68.3 Å². The van der Waals surface area contributed by atoms with E-state index in [9.17, 15) is 14.9 Å². The zero-order chi connectivity index (χ0) is 20.8. The van der Waals surface area contributed by atoms with E-state index < -0.39 is 0 Å². The number of anilines is 1. The number of methoxy groups -OCH3 is 1. The maximum atomic E-state index is 12.3. The molecule has 2 aromatic rings. The molecule has 0 radical (unpaired) electrons. The summed E-state index contributed by atoms with van der Waals surface area (Å²) in [6, 6.07) is 17.0. The minimum atomic E-state index is -0.346. The lowest BCUT2D eigenvalue weighted by molar-refractivity contribution is -0.121. The van der Waals surface area contributed by atoms with Crippen LogP contribution in [0.3, 0.4) is 0 Å². The number of hydrogen-bond donors (Lipinski definition) is 2. The van der Waals surface area contributed by atoms with Crippen molar-refractivity contribution in [3.8, 4) is 11.8 Å². The van der Waals surface area contributed by atoms with E-state index in [-0.39, 0.29) is 29.9 Å². The number of allylic oxidation sites excluding steroid dienone is 1. The van der Waals surface area contributed by atoms with Gasteiger partial charge in [0.25, 0.3) is 0 Å². The largest absolute Gasteiger partial charge is 0.497 e. The molecule has 0 bridgehead atoms. The highest BCUT2D eigenvalue weighted by atomic mass is 127. The molecule has 2 aromatic carbocycles. The van der Waals surface area contributed by atoms with Gasteiger partial charge in [-0.2, -0.15) is 5.26 Å². The van der Waals surface area contributed by atoms with E-state index in [2.05, 4.69) is 39.3 Å². The van der Waals surface area contributed by atoms with Crippen LogP contribution in [-0.2, 0) is 9.59 Å². The number of halogens is 1. The lowest BCUT2D eigenvalue weighted by Gasteiger charge is -2.25. The van der Waals surface area contributed by atoms with E-state index in [1.165, 1.54) is 0 Å². The van der Waals surface area contributed by atoms with Crippen molar-refractivity contribution in [2.24, 2.45) is 0 Å². The molecule has 6 nitrogen and oxygen atoms in total. The summed E-state index contributed by atoms with van der Waals surface area (Å²) in [5.41, 5.74) is 2.02. The first-order valence-electron chi connectivity index (χ1n) is 8.76. The summed E-state index contributed by atoms with van der Waals surface area (Å²) < 4.78 is 6.24. The zero-order valence-corrected chi connectivity index (χ0v) is 18.5. The summed E-state index contributed by atoms with van der Waals surface area (Å²) >= 11 is 3.35.